The van der Waals surface area contributed by atoms with Gasteiger partial charge in [-0.2, -0.15) is 16.4 Å². The van der Waals surface area contributed by atoms with E-state index in [1.54, 1.807) is 42.9 Å². The quantitative estimate of drug-likeness (QED) is 0.421. The first-order valence-corrected chi connectivity index (χ1v) is 11.4. The second-order valence-electron chi connectivity index (χ2n) is 8.85. The van der Waals surface area contributed by atoms with E-state index in [1.165, 1.54) is 0 Å². The van der Waals surface area contributed by atoms with E-state index < -0.39 is 0 Å². The molecule has 0 radical (unpaired) electrons. The summed E-state index contributed by atoms with van der Waals surface area (Å²) >= 11 is 1.57. The minimum atomic E-state index is -0.349. The second-order valence-corrected chi connectivity index (χ2v) is 9.63. The van der Waals surface area contributed by atoms with Crippen LogP contribution in [-0.4, -0.2) is 45.4 Å². The Kier molecular flexibility index (Phi) is 5.01. The third kappa shape index (κ3) is 3.48. The van der Waals surface area contributed by atoms with Gasteiger partial charge in [0, 0.05) is 46.3 Å². The van der Waals surface area contributed by atoms with E-state index in [0.29, 0.717) is 17.2 Å². The maximum atomic E-state index is 13.5. The lowest BCUT2D eigenvalue weighted by Gasteiger charge is -2.31. The molecule has 0 aliphatic carbocycles. The van der Waals surface area contributed by atoms with Crippen LogP contribution >= 0.6 is 11.3 Å². The fourth-order valence-electron chi connectivity index (χ4n) is 3.81. The molecule has 33 heavy (non-hydrogen) atoms. The van der Waals surface area contributed by atoms with E-state index >= 15 is 0 Å². The van der Waals surface area contributed by atoms with Crippen molar-refractivity contribution in [3.8, 4) is 39.6 Å². The number of amides is 1. The predicted octanol–water partition coefficient (Wildman–Crippen LogP) is 5.03. The third-order valence-electron chi connectivity index (χ3n) is 5.92. The van der Waals surface area contributed by atoms with Crippen LogP contribution in [-0.2, 0) is 6.61 Å². The number of benzene rings is 1. The zero-order chi connectivity index (χ0) is 23.3. The lowest BCUT2D eigenvalue weighted by Crippen LogP contribution is -2.43. The van der Waals surface area contributed by atoms with Crippen LogP contribution in [0.25, 0.3) is 28.1 Å². The largest absolute Gasteiger partial charge is 0.496 e. The van der Waals surface area contributed by atoms with Gasteiger partial charge in [-0.05, 0) is 38.3 Å². The molecule has 0 saturated carbocycles. The van der Waals surface area contributed by atoms with Crippen LogP contribution in [0.2, 0.25) is 0 Å². The van der Waals surface area contributed by atoms with Crippen molar-refractivity contribution in [1.82, 2.24) is 19.8 Å². The number of hydrogen-bond acceptors (Lipinski definition) is 7. The van der Waals surface area contributed by atoms with Crippen molar-refractivity contribution in [2.45, 2.75) is 32.9 Å². The maximum Gasteiger partial charge on any atom is 0.274 e. The highest BCUT2D eigenvalue weighted by atomic mass is 32.1. The third-order valence-corrected chi connectivity index (χ3v) is 6.59. The highest BCUT2D eigenvalue weighted by Gasteiger charge is 2.34. The summed E-state index contributed by atoms with van der Waals surface area (Å²) < 4.78 is 18.6. The molecule has 8 nitrogen and oxygen atoms in total. The first kappa shape index (κ1) is 21.3. The first-order chi connectivity index (χ1) is 15.8. The molecular formula is C24H24N4O4S. The van der Waals surface area contributed by atoms with Crippen LogP contribution in [0.15, 0.2) is 45.9 Å². The molecule has 4 aromatic rings. The predicted molar refractivity (Wildman–Crippen MR) is 125 cm³/mol. The van der Waals surface area contributed by atoms with Crippen molar-refractivity contribution in [1.29, 1.82) is 0 Å². The molecule has 170 valence electrons. The van der Waals surface area contributed by atoms with Gasteiger partial charge in [0.25, 0.3) is 5.91 Å². The Morgan fingerprint density at radius 1 is 1.27 bits per heavy atom. The van der Waals surface area contributed by atoms with Crippen LogP contribution in [0.1, 0.15) is 36.8 Å². The molecule has 0 saturated heterocycles. The summed E-state index contributed by atoms with van der Waals surface area (Å²) in [5, 5.41) is 12.6. The molecule has 4 heterocycles. The van der Waals surface area contributed by atoms with Crippen molar-refractivity contribution in [2.24, 2.45) is 0 Å². The standard InChI is InChI=1S/C24H24N4O4S/c1-24(2,3)27(4)23(29)21-18-12-31-20-9-19(30-5)16(14-10-25-32-11-14)8-17(20)22(18)28(26-21)15-6-7-33-13-15/h6-11,13H,12H2,1-5H3. The average molecular weight is 465 g/mol. The zero-order valence-corrected chi connectivity index (χ0v) is 19.9. The van der Waals surface area contributed by atoms with Gasteiger partial charge in [0.2, 0.25) is 0 Å². The normalized spacial score (nSPS) is 12.6. The number of carbonyl (C=O) groups excluding carboxylic acids is 1. The van der Waals surface area contributed by atoms with E-state index in [2.05, 4.69) is 5.16 Å². The molecule has 9 heteroatoms. The van der Waals surface area contributed by atoms with E-state index in [4.69, 9.17) is 19.1 Å². The van der Waals surface area contributed by atoms with Crippen molar-refractivity contribution in [2.75, 3.05) is 14.2 Å². The topological polar surface area (TPSA) is 82.6 Å². The molecule has 0 N–H and O–H groups in total. The highest BCUT2D eigenvalue weighted by Crippen LogP contribution is 2.46. The van der Waals surface area contributed by atoms with Crippen molar-refractivity contribution < 1.29 is 18.8 Å². The minimum Gasteiger partial charge on any atom is -0.496 e. The Balaban J connectivity index is 1.75. The molecule has 1 amide bonds. The molecule has 0 unspecified atom stereocenters. The first-order valence-electron chi connectivity index (χ1n) is 10.5. The molecule has 0 fully saturated rings. The van der Waals surface area contributed by atoms with Crippen LogP contribution < -0.4 is 9.47 Å². The summed E-state index contributed by atoms with van der Waals surface area (Å²) in [5.41, 5.74) is 4.95. The lowest BCUT2D eigenvalue weighted by molar-refractivity contribution is 0.0646. The molecular weight excluding hydrogens is 440 g/mol. The number of methoxy groups -OCH3 is 1. The van der Waals surface area contributed by atoms with Gasteiger partial charge in [0.15, 0.2) is 5.69 Å². The number of ether oxygens (including phenoxy) is 2. The van der Waals surface area contributed by atoms with Gasteiger partial charge >= 0.3 is 0 Å². The number of fused-ring (bicyclic) bond motifs is 3. The highest BCUT2D eigenvalue weighted by molar-refractivity contribution is 7.08. The van der Waals surface area contributed by atoms with Crippen molar-refractivity contribution >= 4 is 17.2 Å². The zero-order valence-electron chi connectivity index (χ0n) is 19.1. The van der Waals surface area contributed by atoms with E-state index in [1.807, 2.05) is 54.4 Å². The molecule has 1 aliphatic rings. The van der Waals surface area contributed by atoms with Crippen molar-refractivity contribution in [3.05, 3.63) is 52.7 Å². The molecule has 5 rings (SSSR count). The summed E-state index contributed by atoms with van der Waals surface area (Å²) in [5.74, 6) is 1.16. The van der Waals surface area contributed by atoms with E-state index in [-0.39, 0.29) is 18.1 Å². The summed E-state index contributed by atoms with van der Waals surface area (Å²) in [6, 6.07) is 5.82. The van der Waals surface area contributed by atoms with Crippen LogP contribution in [0.4, 0.5) is 0 Å². The number of hydrogen-bond donors (Lipinski definition) is 0. The Morgan fingerprint density at radius 2 is 2.09 bits per heavy atom. The van der Waals surface area contributed by atoms with Gasteiger partial charge in [0.05, 0.1) is 24.7 Å². The minimum absolute atomic E-state index is 0.146. The van der Waals surface area contributed by atoms with Crippen LogP contribution in [0, 0.1) is 0 Å². The Hall–Kier alpha value is -3.59. The Morgan fingerprint density at radius 3 is 2.73 bits per heavy atom. The molecule has 0 spiro atoms. The molecule has 1 aromatic carbocycles. The molecule has 0 bridgehead atoms. The summed E-state index contributed by atoms with van der Waals surface area (Å²) in [6.45, 7) is 6.23. The number of nitrogens with zero attached hydrogens (tertiary/aromatic N) is 4. The lowest BCUT2D eigenvalue weighted by atomic mass is 9.96. The smallest absolute Gasteiger partial charge is 0.274 e. The monoisotopic (exact) mass is 464 g/mol. The van der Waals surface area contributed by atoms with Gasteiger partial charge in [0.1, 0.15) is 24.4 Å². The van der Waals surface area contributed by atoms with Gasteiger partial charge in [-0.1, -0.05) is 5.16 Å². The Labute approximate surface area is 195 Å². The molecule has 1 aliphatic heterocycles. The number of thiophene rings is 1. The number of aromatic nitrogens is 3. The summed E-state index contributed by atoms with van der Waals surface area (Å²) in [4.78, 5) is 15.2. The van der Waals surface area contributed by atoms with Crippen LogP contribution in [0.5, 0.6) is 11.5 Å². The van der Waals surface area contributed by atoms with Crippen LogP contribution in [0.3, 0.4) is 0 Å². The SMILES string of the molecule is COc1cc2c(cc1-c1cnoc1)-c1c(c(C(=O)N(C)C(C)(C)C)nn1-c1ccsc1)CO2. The van der Waals surface area contributed by atoms with E-state index in [9.17, 15) is 4.79 Å². The fraction of sp³-hybridized carbons (Fsp3) is 0.292. The maximum absolute atomic E-state index is 13.5. The summed E-state index contributed by atoms with van der Waals surface area (Å²) in [7, 11) is 3.41. The second kappa shape index (κ2) is 7.77. The number of rotatable bonds is 4. The molecule has 3 aromatic heterocycles. The van der Waals surface area contributed by atoms with Crippen molar-refractivity contribution in [3.63, 3.8) is 0 Å². The average Bonchev–Trinajstić information content (AvgIpc) is 3.56. The van der Waals surface area contributed by atoms with Gasteiger partial charge in [-0.25, -0.2) is 4.68 Å². The van der Waals surface area contributed by atoms with Gasteiger partial charge < -0.3 is 18.9 Å². The van der Waals surface area contributed by atoms with Gasteiger partial charge in [-0.3, -0.25) is 4.79 Å². The Bertz CT molecular complexity index is 1320. The summed E-state index contributed by atoms with van der Waals surface area (Å²) in [6.07, 6.45) is 3.20. The number of carbonyl (C=O) groups is 1. The molecule has 0 atom stereocenters. The fourth-order valence-corrected chi connectivity index (χ4v) is 4.43. The van der Waals surface area contributed by atoms with E-state index in [0.717, 1.165) is 33.6 Å². The van der Waals surface area contributed by atoms with Gasteiger partial charge in [-0.15, -0.1) is 0 Å².